The van der Waals surface area contributed by atoms with Crippen molar-refractivity contribution in [2.75, 3.05) is 39.9 Å². The summed E-state index contributed by atoms with van der Waals surface area (Å²) in [7, 11) is 1.57. The quantitative estimate of drug-likeness (QED) is 0.802. The van der Waals surface area contributed by atoms with E-state index in [0.29, 0.717) is 38.4 Å². The molecule has 8 heteroatoms. The molecule has 1 aromatic rings. The fourth-order valence-electron chi connectivity index (χ4n) is 3.97. The standard InChI is InChI=1S/C17H24F2N4O2/c1-13-7-20-8-14(21-13)9-22-11-16(10-17(18,19)12-22)3-4-23(15(16)24)5-6-25-2/h7-8H,3-6,9-12H2,1-2H3/t16-/m0/s1. The van der Waals surface area contributed by atoms with Gasteiger partial charge < -0.3 is 9.64 Å². The predicted octanol–water partition coefficient (Wildman–Crippen LogP) is 1.49. The Morgan fingerprint density at radius 1 is 1.32 bits per heavy atom. The summed E-state index contributed by atoms with van der Waals surface area (Å²) < 4.78 is 33.8. The molecule has 25 heavy (non-hydrogen) atoms. The highest BCUT2D eigenvalue weighted by Crippen LogP contribution is 2.45. The van der Waals surface area contributed by atoms with Crippen LogP contribution in [0.2, 0.25) is 0 Å². The lowest BCUT2D eigenvalue weighted by molar-refractivity contribution is -0.155. The average molecular weight is 354 g/mol. The van der Waals surface area contributed by atoms with Crippen LogP contribution in [0.3, 0.4) is 0 Å². The summed E-state index contributed by atoms with van der Waals surface area (Å²) in [4.78, 5) is 24.5. The Balaban J connectivity index is 1.76. The van der Waals surface area contributed by atoms with Crippen LogP contribution >= 0.6 is 0 Å². The van der Waals surface area contributed by atoms with Gasteiger partial charge in [0.1, 0.15) is 0 Å². The van der Waals surface area contributed by atoms with E-state index in [0.717, 1.165) is 5.69 Å². The molecule has 3 rings (SSSR count). The number of rotatable bonds is 5. The zero-order valence-electron chi connectivity index (χ0n) is 14.7. The van der Waals surface area contributed by atoms with E-state index in [1.807, 2.05) is 6.92 Å². The molecule has 6 nitrogen and oxygen atoms in total. The second-order valence-electron chi connectivity index (χ2n) is 7.15. The van der Waals surface area contributed by atoms with Gasteiger partial charge in [0.25, 0.3) is 5.92 Å². The molecule has 0 aliphatic carbocycles. The van der Waals surface area contributed by atoms with Crippen molar-refractivity contribution in [2.45, 2.75) is 32.2 Å². The molecule has 0 aromatic carbocycles. The highest BCUT2D eigenvalue weighted by Gasteiger charge is 2.56. The minimum Gasteiger partial charge on any atom is -0.383 e. The summed E-state index contributed by atoms with van der Waals surface area (Å²) in [5, 5.41) is 0. The molecule has 0 N–H and O–H groups in total. The van der Waals surface area contributed by atoms with Crippen LogP contribution in [0.1, 0.15) is 24.2 Å². The Labute approximate surface area is 146 Å². The van der Waals surface area contributed by atoms with Gasteiger partial charge in [0.15, 0.2) is 0 Å². The monoisotopic (exact) mass is 354 g/mol. The molecule has 1 spiro atoms. The third-order valence-corrected chi connectivity index (χ3v) is 4.94. The van der Waals surface area contributed by atoms with E-state index in [9.17, 15) is 13.6 Å². The van der Waals surface area contributed by atoms with Crippen LogP contribution in [0.15, 0.2) is 12.4 Å². The number of methoxy groups -OCH3 is 1. The third kappa shape index (κ3) is 3.95. The second kappa shape index (κ2) is 6.92. The molecule has 0 radical (unpaired) electrons. The van der Waals surface area contributed by atoms with Crippen molar-refractivity contribution < 1.29 is 18.3 Å². The minimum atomic E-state index is -2.89. The fraction of sp³-hybridized carbons (Fsp3) is 0.706. The summed E-state index contributed by atoms with van der Waals surface area (Å²) >= 11 is 0. The number of carbonyl (C=O) groups is 1. The van der Waals surface area contributed by atoms with Crippen molar-refractivity contribution in [3.8, 4) is 0 Å². The molecule has 1 amide bonds. The Morgan fingerprint density at radius 2 is 2.12 bits per heavy atom. The van der Waals surface area contributed by atoms with Crippen LogP contribution in [0.5, 0.6) is 0 Å². The molecule has 0 bridgehead atoms. The number of ether oxygens (including phenoxy) is 1. The SMILES string of the molecule is COCCN1CC[C@]2(CN(Cc3cncc(C)n3)CC(F)(F)C2)C1=O. The molecule has 2 saturated heterocycles. The van der Waals surface area contributed by atoms with Gasteiger partial charge in [-0.3, -0.25) is 19.7 Å². The van der Waals surface area contributed by atoms with Gasteiger partial charge in [-0.15, -0.1) is 0 Å². The van der Waals surface area contributed by atoms with Crippen LogP contribution < -0.4 is 0 Å². The zero-order chi connectivity index (χ0) is 18.1. The first-order chi connectivity index (χ1) is 11.8. The van der Waals surface area contributed by atoms with Crippen LogP contribution in [0.25, 0.3) is 0 Å². The third-order valence-electron chi connectivity index (χ3n) is 4.94. The van der Waals surface area contributed by atoms with E-state index < -0.39 is 11.3 Å². The number of aryl methyl sites for hydroxylation is 1. The average Bonchev–Trinajstić information content (AvgIpc) is 2.79. The van der Waals surface area contributed by atoms with Crippen molar-refractivity contribution in [3.05, 3.63) is 23.8 Å². The molecule has 1 aromatic heterocycles. The molecule has 1 atom stereocenters. The number of hydrogen-bond donors (Lipinski definition) is 0. The minimum absolute atomic E-state index is 0.177. The van der Waals surface area contributed by atoms with Crippen LogP contribution in [-0.2, 0) is 16.1 Å². The number of nitrogens with zero attached hydrogens (tertiary/aromatic N) is 4. The van der Waals surface area contributed by atoms with Crippen molar-refractivity contribution in [3.63, 3.8) is 0 Å². The Bertz CT molecular complexity index is 643. The smallest absolute Gasteiger partial charge is 0.261 e. The Kier molecular flexibility index (Phi) is 5.02. The van der Waals surface area contributed by atoms with E-state index in [-0.39, 0.29) is 25.4 Å². The molecule has 2 aliphatic heterocycles. The lowest BCUT2D eigenvalue weighted by atomic mass is 9.77. The molecule has 0 unspecified atom stereocenters. The van der Waals surface area contributed by atoms with Crippen LogP contribution in [0.4, 0.5) is 8.78 Å². The number of amides is 1. The first-order valence-corrected chi connectivity index (χ1v) is 8.50. The van der Waals surface area contributed by atoms with Gasteiger partial charge in [-0.1, -0.05) is 0 Å². The molecule has 0 saturated carbocycles. The Morgan fingerprint density at radius 3 is 2.84 bits per heavy atom. The highest BCUT2D eigenvalue weighted by atomic mass is 19.3. The van der Waals surface area contributed by atoms with Gasteiger partial charge in [0.05, 0.1) is 30.0 Å². The summed E-state index contributed by atoms with van der Waals surface area (Å²) in [6.45, 7) is 3.45. The number of halogens is 2. The van der Waals surface area contributed by atoms with Crippen LogP contribution in [0, 0.1) is 12.3 Å². The molecule has 2 aliphatic rings. The number of carbonyl (C=O) groups excluding carboxylic acids is 1. The van der Waals surface area contributed by atoms with E-state index >= 15 is 0 Å². The first-order valence-electron chi connectivity index (χ1n) is 8.50. The van der Waals surface area contributed by atoms with E-state index in [1.54, 1.807) is 29.3 Å². The second-order valence-corrected chi connectivity index (χ2v) is 7.15. The highest BCUT2D eigenvalue weighted by molar-refractivity contribution is 5.85. The summed E-state index contributed by atoms with van der Waals surface area (Å²) in [6, 6.07) is 0. The predicted molar refractivity (Wildman–Crippen MR) is 87.1 cm³/mol. The molecular formula is C17H24F2N4O2. The van der Waals surface area contributed by atoms with Crippen molar-refractivity contribution in [1.82, 2.24) is 19.8 Å². The molecule has 138 valence electrons. The maximum Gasteiger partial charge on any atom is 0.261 e. The van der Waals surface area contributed by atoms with Gasteiger partial charge in [-0.05, 0) is 13.3 Å². The van der Waals surface area contributed by atoms with Crippen molar-refractivity contribution >= 4 is 5.91 Å². The van der Waals surface area contributed by atoms with Gasteiger partial charge in [0.2, 0.25) is 5.91 Å². The van der Waals surface area contributed by atoms with Gasteiger partial charge >= 0.3 is 0 Å². The van der Waals surface area contributed by atoms with Crippen molar-refractivity contribution in [2.24, 2.45) is 5.41 Å². The van der Waals surface area contributed by atoms with E-state index in [1.165, 1.54) is 0 Å². The van der Waals surface area contributed by atoms with E-state index in [2.05, 4.69) is 9.97 Å². The molecule has 2 fully saturated rings. The number of piperidine rings is 1. The van der Waals surface area contributed by atoms with E-state index in [4.69, 9.17) is 4.74 Å². The number of alkyl halides is 2. The summed E-state index contributed by atoms with van der Waals surface area (Å²) in [5.41, 5.74) is 0.389. The van der Waals surface area contributed by atoms with Gasteiger partial charge in [0, 0.05) is 52.1 Å². The number of aromatic nitrogens is 2. The Hall–Kier alpha value is -1.67. The zero-order valence-corrected chi connectivity index (χ0v) is 14.7. The first kappa shape index (κ1) is 18.1. The van der Waals surface area contributed by atoms with Crippen molar-refractivity contribution in [1.29, 1.82) is 0 Å². The summed E-state index contributed by atoms with van der Waals surface area (Å²) in [5.74, 6) is -3.06. The lowest BCUT2D eigenvalue weighted by Gasteiger charge is -2.42. The largest absolute Gasteiger partial charge is 0.383 e. The van der Waals surface area contributed by atoms with Gasteiger partial charge in [-0.2, -0.15) is 0 Å². The maximum atomic E-state index is 14.4. The van der Waals surface area contributed by atoms with Gasteiger partial charge in [-0.25, -0.2) is 8.78 Å². The van der Waals surface area contributed by atoms with Crippen LogP contribution in [-0.4, -0.2) is 71.5 Å². The fourth-order valence-corrected chi connectivity index (χ4v) is 3.97. The number of likely N-dealkylation sites (tertiary alicyclic amines) is 2. The number of hydrogen-bond acceptors (Lipinski definition) is 5. The lowest BCUT2D eigenvalue weighted by Crippen LogP contribution is -2.55. The topological polar surface area (TPSA) is 58.6 Å². The molecular weight excluding hydrogens is 330 g/mol. The summed E-state index contributed by atoms with van der Waals surface area (Å²) in [6.07, 6.45) is 3.30. The maximum absolute atomic E-state index is 14.4. The molecule has 3 heterocycles. The normalized spacial score (nSPS) is 26.6.